The van der Waals surface area contributed by atoms with Crippen LogP contribution in [0.2, 0.25) is 0 Å². The lowest BCUT2D eigenvalue weighted by atomic mass is 9.80. The van der Waals surface area contributed by atoms with Crippen LogP contribution in [0.15, 0.2) is 60.7 Å². The number of benzene rings is 3. The van der Waals surface area contributed by atoms with Crippen LogP contribution in [-0.2, 0) is 0 Å². The second-order valence-electron chi connectivity index (χ2n) is 8.68. The fraction of sp³-hybridized carbons (Fsp3) is 0.231. The Morgan fingerprint density at radius 3 is 2.59 bits per heavy atom. The maximum atomic E-state index is 14.1. The highest BCUT2D eigenvalue weighted by Gasteiger charge is 2.34. The van der Waals surface area contributed by atoms with Gasteiger partial charge >= 0.3 is 0 Å². The molecule has 3 heteroatoms. The zero-order valence-electron chi connectivity index (χ0n) is 17.1. The van der Waals surface area contributed by atoms with E-state index in [9.17, 15) is 4.39 Å². The van der Waals surface area contributed by atoms with Gasteiger partial charge in [-0.2, -0.15) is 0 Å². The zero-order valence-corrected chi connectivity index (χ0v) is 17.1. The van der Waals surface area contributed by atoms with Gasteiger partial charge < -0.3 is 10.1 Å². The van der Waals surface area contributed by atoms with Gasteiger partial charge in [0, 0.05) is 22.4 Å². The summed E-state index contributed by atoms with van der Waals surface area (Å²) in [7, 11) is 0. The van der Waals surface area contributed by atoms with Crippen LogP contribution >= 0.6 is 0 Å². The Labute approximate surface area is 171 Å². The molecule has 0 radical (unpaired) electrons. The van der Waals surface area contributed by atoms with Gasteiger partial charge in [-0.25, -0.2) is 4.39 Å². The van der Waals surface area contributed by atoms with E-state index in [1.807, 2.05) is 0 Å². The molecule has 0 aliphatic carbocycles. The minimum absolute atomic E-state index is 0.121. The molecule has 0 fully saturated rings. The Morgan fingerprint density at radius 1 is 0.966 bits per heavy atom. The number of ether oxygens (including phenoxy) is 1. The van der Waals surface area contributed by atoms with Crippen LogP contribution in [0.25, 0.3) is 16.7 Å². The molecule has 0 unspecified atom stereocenters. The number of aryl methyl sites for hydroxylation is 1. The highest BCUT2D eigenvalue weighted by atomic mass is 19.1. The molecule has 0 spiro atoms. The van der Waals surface area contributed by atoms with Gasteiger partial charge in [0.1, 0.15) is 11.6 Å². The summed E-state index contributed by atoms with van der Waals surface area (Å²) in [5.41, 5.74) is 8.57. The van der Waals surface area contributed by atoms with Crippen molar-refractivity contribution in [3.8, 4) is 16.9 Å². The van der Waals surface area contributed by atoms with Crippen molar-refractivity contribution in [1.82, 2.24) is 0 Å². The van der Waals surface area contributed by atoms with Gasteiger partial charge in [0.25, 0.3) is 0 Å². The second-order valence-corrected chi connectivity index (χ2v) is 8.68. The summed E-state index contributed by atoms with van der Waals surface area (Å²) in [6.07, 6.45) is 2.01. The van der Waals surface area contributed by atoms with Crippen LogP contribution in [0, 0.1) is 12.7 Å². The molecule has 0 saturated carbocycles. The number of hydrogen-bond acceptors (Lipinski definition) is 2. The zero-order chi connectivity index (χ0) is 20.3. The summed E-state index contributed by atoms with van der Waals surface area (Å²) in [5, 5.41) is 3.63. The normalized spacial score (nSPS) is 18.5. The van der Waals surface area contributed by atoms with Gasteiger partial charge in [-0.1, -0.05) is 42.0 Å². The summed E-state index contributed by atoms with van der Waals surface area (Å²) in [5.74, 6) is 0.465. The third kappa shape index (κ3) is 2.93. The summed E-state index contributed by atoms with van der Waals surface area (Å²) >= 11 is 0. The second kappa shape index (κ2) is 6.21. The number of allylic oxidation sites excluding steroid dienone is 1. The molecule has 2 heterocycles. The largest absolute Gasteiger partial charge is 0.480 e. The summed E-state index contributed by atoms with van der Waals surface area (Å²) < 4.78 is 20.6. The first-order valence-electron chi connectivity index (χ1n) is 10.0. The van der Waals surface area contributed by atoms with Gasteiger partial charge in [0.15, 0.2) is 6.10 Å². The predicted molar refractivity (Wildman–Crippen MR) is 117 cm³/mol. The van der Waals surface area contributed by atoms with Crippen molar-refractivity contribution in [2.45, 2.75) is 39.3 Å². The van der Waals surface area contributed by atoms with Gasteiger partial charge in [0.2, 0.25) is 0 Å². The molecule has 2 aliphatic heterocycles. The van der Waals surface area contributed by atoms with Crippen LogP contribution in [-0.4, -0.2) is 5.54 Å². The fourth-order valence-electron chi connectivity index (χ4n) is 4.72. The average molecular weight is 385 g/mol. The van der Waals surface area contributed by atoms with Gasteiger partial charge in [-0.3, -0.25) is 0 Å². The molecular formula is C26H24FNO. The van der Waals surface area contributed by atoms with Gasteiger partial charge in [-0.05, 0) is 68.7 Å². The molecule has 0 saturated heterocycles. The highest BCUT2D eigenvalue weighted by Crippen LogP contribution is 2.50. The Hall–Kier alpha value is -3.07. The standard InChI is InChI=1S/C26H24FNO/c1-15-6-5-7-17(12-15)25-24-19(20-13-18(27)8-11-22(20)29-25)9-10-21-23(24)16(2)14-26(3,4)28-21/h5-14,25,28H,1-4H3/t25-/m1/s1. The number of hydrogen-bond donors (Lipinski definition) is 1. The monoisotopic (exact) mass is 385 g/mol. The molecule has 1 N–H and O–H groups in total. The molecule has 146 valence electrons. The lowest BCUT2D eigenvalue weighted by molar-refractivity contribution is 0.243. The molecule has 2 nitrogen and oxygen atoms in total. The number of nitrogens with one attached hydrogen (secondary N) is 1. The van der Waals surface area contributed by atoms with E-state index in [4.69, 9.17) is 4.74 Å². The first kappa shape index (κ1) is 18.0. The van der Waals surface area contributed by atoms with Crippen molar-refractivity contribution in [2.75, 3.05) is 5.32 Å². The third-order valence-corrected chi connectivity index (χ3v) is 5.76. The molecule has 29 heavy (non-hydrogen) atoms. The lowest BCUT2D eigenvalue weighted by Crippen LogP contribution is -2.32. The quantitative estimate of drug-likeness (QED) is 0.492. The van der Waals surface area contributed by atoms with Gasteiger partial charge in [0.05, 0.1) is 5.54 Å². The fourth-order valence-corrected chi connectivity index (χ4v) is 4.72. The maximum Gasteiger partial charge on any atom is 0.150 e. The topological polar surface area (TPSA) is 21.3 Å². The Morgan fingerprint density at radius 2 is 1.79 bits per heavy atom. The Bertz CT molecular complexity index is 1180. The SMILES string of the molecule is CC1=CC(C)(C)Nc2ccc3c(c21)[C@@H](c1cccc(C)c1)Oc1ccc(F)cc1-3. The van der Waals surface area contributed by atoms with E-state index in [1.54, 1.807) is 12.1 Å². The van der Waals surface area contributed by atoms with Crippen molar-refractivity contribution in [2.24, 2.45) is 0 Å². The molecule has 0 bridgehead atoms. The Kier molecular flexibility index (Phi) is 3.86. The molecular weight excluding hydrogens is 361 g/mol. The summed E-state index contributed by atoms with van der Waals surface area (Å²) in [6.45, 7) is 8.57. The van der Waals surface area contributed by atoms with E-state index in [2.05, 4.69) is 75.5 Å². The molecule has 3 aromatic carbocycles. The minimum Gasteiger partial charge on any atom is -0.480 e. The van der Waals surface area contributed by atoms with E-state index in [1.165, 1.54) is 17.2 Å². The maximum absolute atomic E-state index is 14.1. The number of rotatable bonds is 1. The molecule has 1 atom stereocenters. The smallest absolute Gasteiger partial charge is 0.150 e. The molecule has 2 aliphatic rings. The van der Waals surface area contributed by atoms with E-state index < -0.39 is 0 Å². The van der Waals surface area contributed by atoms with Crippen molar-refractivity contribution >= 4 is 11.3 Å². The van der Waals surface area contributed by atoms with E-state index in [0.717, 1.165) is 39.3 Å². The molecule has 5 rings (SSSR count). The first-order valence-corrected chi connectivity index (χ1v) is 10.0. The number of fused-ring (bicyclic) bond motifs is 5. The van der Waals surface area contributed by atoms with Crippen molar-refractivity contribution in [3.63, 3.8) is 0 Å². The molecule has 0 aromatic heterocycles. The van der Waals surface area contributed by atoms with Crippen molar-refractivity contribution in [1.29, 1.82) is 0 Å². The number of halogens is 1. The van der Waals surface area contributed by atoms with Crippen LogP contribution < -0.4 is 10.1 Å². The molecule has 3 aromatic rings. The van der Waals surface area contributed by atoms with Crippen molar-refractivity contribution < 1.29 is 9.13 Å². The Balaban J connectivity index is 1.82. The summed E-state index contributed by atoms with van der Waals surface area (Å²) in [6, 6.07) is 17.4. The average Bonchev–Trinajstić information content (AvgIpc) is 2.65. The number of anilines is 1. The predicted octanol–water partition coefficient (Wildman–Crippen LogP) is 6.89. The van der Waals surface area contributed by atoms with E-state index >= 15 is 0 Å². The van der Waals surface area contributed by atoms with E-state index in [0.29, 0.717) is 0 Å². The molecule has 0 amide bonds. The highest BCUT2D eigenvalue weighted by molar-refractivity contribution is 5.90. The third-order valence-electron chi connectivity index (χ3n) is 5.76. The van der Waals surface area contributed by atoms with Gasteiger partial charge in [-0.15, -0.1) is 0 Å². The lowest BCUT2D eigenvalue weighted by Gasteiger charge is -2.37. The van der Waals surface area contributed by atoms with Crippen LogP contribution in [0.5, 0.6) is 5.75 Å². The van der Waals surface area contributed by atoms with Crippen molar-refractivity contribution in [3.05, 3.63) is 88.7 Å². The van der Waals surface area contributed by atoms with E-state index in [-0.39, 0.29) is 17.5 Å². The first-order chi connectivity index (χ1) is 13.8. The van der Waals surface area contributed by atoms with Crippen LogP contribution in [0.3, 0.4) is 0 Å². The van der Waals surface area contributed by atoms with Crippen LogP contribution in [0.4, 0.5) is 10.1 Å². The van der Waals surface area contributed by atoms with Crippen LogP contribution in [0.1, 0.15) is 49.1 Å². The minimum atomic E-state index is -0.253. The summed E-state index contributed by atoms with van der Waals surface area (Å²) in [4.78, 5) is 0.